The van der Waals surface area contributed by atoms with E-state index in [1.807, 2.05) is 0 Å². The Hall–Kier alpha value is -1.92. The monoisotopic (exact) mass is 309 g/mol. The Kier molecular flexibility index (Phi) is 4.59. The summed E-state index contributed by atoms with van der Waals surface area (Å²) in [6.45, 7) is 0.175. The van der Waals surface area contributed by atoms with Gasteiger partial charge in [-0.05, 0) is 42.0 Å². The fourth-order valence-corrected chi connectivity index (χ4v) is 3.02. The molecule has 2 aromatic carbocycles. The fourth-order valence-electron chi connectivity index (χ4n) is 1.86. The molecule has 0 N–H and O–H groups in total. The van der Waals surface area contributed by atoms with E-state index in [1.165, 1.54) is 42.7 Å². The van der Waals surface area contributed by atoms with E-state index in [9.17, 15) is 12.8 Å². The zero-order valence-corrected chi connectivity index (χ0v) is 12.6. The number of hydrogen-bond donors (Lipinski definition) is 0. The van der Waals surface area contributed by atoms with E-state index in [4.69, 9.17) is 4.74 Å². The highest BCUT2D eigenvalue weighted by molar-refractivity contribution is 7.89. The van der Waals surface area contributed by atoms with Crippen LogP contribution in [-0.2, 0) is 16.6 Å². The van der Waals surface area contributed by atoms with Gasteiger partial charge >= 0.3 is 0 Å². The first-order valence-corrected chi connectivity index (χ1v) is 7.72. The summed E-state index contributed by atoms with van der Waals surface area (Å²) in [5, 5.41) is 0. The van der Waals surface area contributed by atoms with E-state index in [0.717, 1.165) is 5.56 Å². The minimum Gasteiger partial charge on any atom is -0.497 e. The van der Waals surface area contributed by atoms with Crippen LogP contribution >= 0.6 is 0 Å². The number of methoxy groups -OCH3 is 1. The largest absolute Gasteiger partial charge is 0.497 e. The third kappa shape index (κ3) is 3.59. The average Bonchev–Trinajstić information content (AvgIpc) is 2.49. The fraction of sp³-hybridized carbons (Fsp3) is 0.200. The van der Waals surface area contributed by atoms with Gasteiger partial charge in [-0.15, -0.1) is 0 Å². The van der Waals surface area contributed by atoms with Gasteiger partial charge in [0.05, 0.1) is 12.0 Å². The Balaban J connectivity index is 2.19. The van der Waals surface area contributed by atoms with Crippen LogP contribution in [0.3, 0.4) is 0 Å². The second-order valence-corrected chi connectivity index (χ2v) is 6.61. The van der Waals surface area contributed by atoms with Crippen LogP contribution in [0.1, 0.15) is 5.56 Å². The average molecular weight is 309 g/mol. The summed E-state index contributed by atoms with van der Waals surface area (Å²) in [5.74, 6) is 0.245. The highest BCUT2D eigenvalue weighted by Gasteiger charge is 2.20. The maximum atomic E-state index is 12.9. The van der Waals surface area contributed by atoms with Crippen LogP contribution in [0.2, 0.25) is 0 Å². The highest BCUT2D eigenvalue weighted by Crippen LogP contribution is 2.20. The molecule has 21 heavy (non-hydrogen) atoms. The number of ether oxygens (including phenoxy) is 1. The summed E-state index contributed by atoms with van der Waals surface area (Å²) in [7, 11) is -0.581. The molecule has 0 unspecified atom stereocenters. The van der Waals surface area contributed by atoms with E-state index in [0.29, 0.717) is 5.75 Å². The number of hydrogen-bond acceptors (Lipinski definition) is 3. The predicted octanol–water partition coefficient (Wildman–Crippen LogP) is 2.66. The van der Waals surface area contributed by atoms with Crippen LogP contribution in [0.5, 0.6) is 5.75 Å². The van der Waals surface area contributed by atoms with Gasteiger partial charge in [0.2, 0.25) is 10.0 Å². The molecule has 0 aliphatic heterocycles. The molecule has 6 heteroatoms. The summed E-state index contributed by atoms with van der Waals surface area (Å²) < 4.78 is 43.9. The molecule has 0 saturated carbocycles. The lowest BCUT2D eigenvalue weighted by atomic mass is 10.2. The van der Waals surface area contributed by atoms with E-state index in [-0.39, 0.29) is 17.3 Å². The number of benzene rings is 2. The lowest BCUT2D eigenvalue weighted by Gasteiger charge is -2.17. The Morgan fingerprint density at radius 3 is 2.14 bits per heavy atom. The molecule has 0 fully saturated rings. The first-order chi connectivity index (χ1) is 9.93. The molecule has 4 nitrogen and oxygen atoms in total. The van der Waals surface area contributed by atoms with Gasteiger partial charge in [-0.2, -0.15) is 4.31 Å². The van der Waals surface area contributed by atoms with Crippen molar-refractivity contribution in [2.75, 3.05) is 14.2 Å². The van der Waals surface area contributed by atoms with Crippen LogP contribution in [0, 0.1) is 5.82 Å². The zero-order valence-electron chi connectivity index (χ0n) is 11.8. The van der Waals surface area contributed by atoms with Crippen molar-refractivity contribution in [2.24, 2.45) is 0 Å². The van der Waals surface area contributed by atoms with Gasteiger partial charge in [-0.25, -0.2) is 12.8 Å². The standard InChI is InChI=1S/C15H16FNO3S/c1-17(11-12-3-5-13(16)6-4-12)21(18,19)15-9-7-14(20-2)8-10-15/h3-10H,11H2,1-2H3. The van der Waals surface area contributed by atoms with Crippen molar-refractivity contribution in [3.63, 3.8) is 0 Å². The van der Waals surface area contributed by atoms with Crippen LogP contribution < -0.4 is 4.74 Å². The predicted molar refractivity (Wildman–Crippen MR) is 78.0 cm³/mol. The topological polar surface area (TPSA) is 46.6 Å². The van der Waals surface area contributed by atoms with E-state index >= 15 is 0 Å². The number of sulfonamides is 1. The Labute approximate surface area is 123 Å². The first-order valence-electron chi connectivity index (χ1n) is 6.28. The number of nitrogens with zero attached hydrogens (tertiary/aromatic N) is 1. The molecule has 0 aliphatic carbocycles. The number of halogens is 1. The van der Waals surface area contributed by atoms with E-state index < -0.39 is 10.0 Å². The minimum absolute atomic E-state index is 0.175. The van der Waals surface area contributed by atoms with Gasteiger partial charge < -0.3 is 4.74 Å². The molecule has 0 radical (unpaired) electrons. The highest BCUT2D eigenvalue weighted by atomic mass is 32.2. The molecule has 0 aromatic heterocycles. The van der Waals surface area contributed by atoms with Gasteiger partial charge in [-0.1, -0.05) is 12.1 Å². The second kappa shape index (κ2) is 6.24. The molecule has 0 bridgehead atoms. The molecule has 112 valence electrons. The van der Waals surface area contributed by atoms with Gasteiger partial charge in [-0.3, -0.25) is 0 Å². The summed E-state index contributed by atoms with van der Waals surface area (Å²) in [6, 6.07) is 11.9. The summed E-state index contributed by atoms with van der Waals surface area (Å²) in [5.41, 5.74) is 0.719. The second-order valence-electron chi connectivity index (χ2n) is 4.56. The molecular formula is C15H16FNO3S. The quantitative estimate of drug-likeness (QED) is 0.853. The third-order valence-corrected chi connectivity index (χ3v) is 4.90. The molecule has 0 heterocycles. The summed E-state index contributed by atoms with van der Waals surface area (Å²) in [4.78, 5) is 0.188. The van der Waals surface area contributed by atoms with Crippen molar-refractivity contribution in [3.8, 4) is 5.75 Å². The zero-order chi connectivity index (χ0) is 15.5. The van der Waals surface area contributed by atoms with Crippen LogP contribution in [0.4, 0.5) is 4.39 Å². The normalized spacial score (nSPS) is 11.6. The van der Waals surface area contributed by atoms with E-state index in [1.54, 1.807) is 24.3 Å². The van der Waals surface area contributed by atoms with Crippen molar-refractivity contribution in [1.82, 2.24) is 4.31 Å². The Morgan fingerprint density at radius 2 is 1.62 bits per heavy atom. The molecule has 0 amide bonds. The van der Waals surface area contributed by atoms with Crippen molar-refractivity contribution in [3.05, 3.63) is 59.9 Å². The molecule has 2 rings (SSSR count). The molecular weight excluding hydrogens is 293 g/mol. The van der Waals surface area contributed by atoms with Gasteiger partial charge in [0.25, 0.3) is 0 Å². The maximum absolute atomic E-state index is 12.9. The van der Waals surface area contributed by atoms with Crippen LogP contribution in [0.15, 0.2) is 53.4 Å². The van der Waals surface area contributed by atoms with Crippen LogP contribution in [-0.4, -0.2) is 26.9 Å². The maximum Gasteiger partial charge on any atom is 0.243 e. The van der Waals surface area contributed by atoms with Crippen molar-refractivity contribution < 1.29 is 17.5 Å². The summed E-state index contributed by atoms with van der Waals surface area (Å²) >= 11 is 0. The third-order valence-electron chi connectivity index (χ3n) is 3.09. The molecule has 0 atom stereocenters. The first kappa shape index (κ1) is 15.5. The molecule has 0 aliphatic rings. The van der Waals surface area contributed by atoms with Gasteiger partial charge in [0.1, 0.15) is 11.6 Å². The minimum atomic E-state index is -3.59. The number of rotatable bonds is 5. The van der Waals surface area contributed by atoms with Gasteiger partial charge in [0.15, 0.2) is 0 Å². The van der Waals surface area contributed by atoms with Crippen molar-refractivity contribution in [2.45, 2.75) is 11.4 Å². The summed E-state index contributed by atoms with van der Waals surface area (Å²) in [6.07, 6.45) is 0. The Morgan fingerprint density at radius 1 is 1.05 bits per heavy atom. The van der Waals surface area contributed by atoms with Crippen molar-refractivity contribution in [1.29, 1.82) is 0 Å². The smallest absolute Gasteiger partial charge is 0.243 e. The van der Waals surface area contributed by atoms with Crippen molar-refractivity contribution >= 4 is 10.0 Å². The van der Waals surface area contributed by atoms with Gasteiger partial charge in [0, 0.05) is 13.6 Å². The molecule has 2 aromatic rings. The Bertz CT molecular complexity index is 697. The lowest BCUT2D eigenvalue weighted by molar-refractivity contribution is 0.414. The lowest BCUT2D eigenvalue weighted by Crippen LogP contribution is -2.26. The molecule has 0 spiro atoms. The molecule has 0 saturated heterocycles. The van der Waals surface area contributed by atoms with Crippen LogP contribution in [0.25, 0.3) is 0 Å². The van der Waals surface area contributed by atoms with E-state index in [2.05, 4.69) is 0 Å². The SMILES string of the molecule is COc1ccc(S(=O)(=O)N(C)Cc2ccc(F)cc2)cc1.